The Morgan fingerprint density at radius 2 is 2.37 bits per heavy atom. The highest BCUT2D eigenvalue weighted by Gasteiger charge is 2.24. The lowest BCUT2D eigenvalue weighted by Gasteiger charge is -2.34. The lowest BCUT2D eigenvalue weighted by molar-refractivity contribution is 0.0655. The molecule has 2 rings (SSSR count). The van der Waals surface area contributed by atoms with Gasteiger partial charge in [0, 0.05) is 31.2 Å². The Balaban J connectivity index is 2.09. The Kier molecular flexibility index (Phi) is 4.80. The first-order valence-electron chi connectivity index (χ1n) is 6.97. The molecule has 1 aliphatic rings. The molecule has 19 heavy (non-hydrogen) atoms. The van der Waals surface area contributed by atoms with Gasteiger partial charge in [-0.15, -0.1) is 0 Å². The van der Waals surface area contributed by atoms with Gasteiger partial charge in [0.25, 0.3) is 5.91 Å². The zero-order valence-corrected chi connectivity index (χ0v) is 11.7. The van der Waals surface area contributed by atoms with E-state index in [0.717, 1.165) is 31.8 Å². The summed E-state index contributed by atoms with van der Waals surface area (Å²) in [6, 6.07) is 7.71. The third kappa shape index (κ3) is 3.47. The normalized spacial score (nSPS) is 19.3. The highest BCUT2D eigenvalue weighted by Crippen LogP contribution is 2.17. The summed E-state index contributed by atoms with van der Waals surface area (Å²) in [5, 5.41) is 3.29. The van der Waals surface area contributed by atoms with E-state index in [4.69, 9.17) is 4.74 Å². The molecule has 1 amide bonds. The van der Waals surface area contributed by atoms with Gasteiger partial charge in [-0.3, -0.25) is 4.79 Å². The van der Waals surface area contributed by atoms with Gasteiger partial charge in [0.05, 0.1) is 6.61 Å². The van der Waals surface area contributed by atoms with Gasteiger partial charge in [0.1, 0.15) is 5.75 Å². The van der Waals surface area contributed by atoms with Crippen LogP contribution in [0.1, 0.15) is 30.6 Å². The van der Waals surface area contributed by atoms with Crippen molar-refractivity contribution >= 4 is 5.91 Å². The molecular weight excluding hydrogens is 240 g/mol. The summed E-state index contributed by atoms with van der Waals surface area (Å²) >= 11 is 0. The standard InChI is InChI=1S/C15H22N2O2/c1-3-9-19-14-6-4-5-13(10-14)15(18)17-8-7-16-11-12(17)2/h4-6,10,12,16H,3,7-9,11H2,1-2H3/t12-/m0/s1. The first kappa shape index (κ1) is 13.9. The summed E-state index contributed by atoms with van der Waals surface area (Å²) < 4.78 is 5.58. The van der Waals surface area contributed by atoms with Crippen LogP contribution in [-0.2, 0) is 0 Å². The van der Waals surface area contributed by atoms with Crippen LogP contribution in [0.5, 0.6) is 5.75 Å². The van der Waals surface area contributed by atoms with Crippen LogP contribution < -0.4 is 10.1 Å². The minimum absolute atomic E-state index is 0.0935. The smallest absolute Gasteiger partial charge is 0.254 e. The van der Waals surface area contributed by atoms with Crippen LogP contribution >= 0.6 is 0 Å². The Bertz CT molecular complexity index is 434. The van der Waals surface area contributed by atoms with Crippen molar-refractivity contribution in [2.45, 2.75) is 26.3 Å². The van der Waals surface area contributed by atoms with Crippen molar-refractivity contribution in [3.05, 3.63) is 29.8 Å². The van der Waals surface area contributed by atoms with E-state index < -0.39 is 0 Å². The van der Waals surface area contributed by atoms with Gasteiger partial charge in [0.2, 0.25) is 0 Å². The SMILES string of the molecule is CCCOc1cccc(C(=O)N2CCNC[C@@H]2C)c1. The summed E-state index contributed by atoms with van der Waals surface area (Å²) in [7, 11) is 0. The predicted molar refractivity (Wildman–Crippen MR) is 75.6 cm³/mol. The van der Waals surface area contributed by atoms with Crippen molar-refractivity contribution in [3.63, 3.8) is 0 Å². The number of hydrogen-bond donors (Lipinski definition) is 1. The molecule has 104 valence electrons. The summed E-state index contributed by atoms with van der Waals surface area (Å²) in [5.41, 5.74) is 0.711. The van der Waals surface area contributed by atoms with E-state index in [-0.39, 0.29) is 11.9 Å². The Hall–Kier alpha value is -1.55. The molecule has 1 aliphatic heterocycles. The number of nitrogens with one attached hydrogen (secondary N) is 1. The first-order valence-corrected chi connectivity index (χ1v) is 6.97. The van der Waals surface area contributed by atoms with Crippen molar-refractivity contribution < 1.29 is 9.53 Å². The number of carbonyl (C=O) groups is 1. The largest absolute Gasteiger partial charge is 0.494 e. The third-order valence-electron chi connectivity index (χ3n) is 3.32. The summed E-state index contributed by atoms with van der Waals surface area (Å²) in [6.45, 7) is 7.31. The van der Waals surface area contributed by atoms with Crippen molar-refractivity contribution in [3.8, 4) is 5.75 Å². The second-order valence-corrected chi connectivity index (χ2v) is 4.93. The monoisotopic (exact) mass is 262 g/mol. The molecule has 0 unspecified atom stereocenters. The number of rotatable bonds is 4. The second kappa shape index (κ2) is 6.57. The highest BCUT2D eigenvalue weighted by molar-refractivity contribution is 5.94. The van der Waals surface area contributed by atoms with Gasteiger partial charge in [-0.2, -0.15) is 0 Å². The molecule has 0 radical (unpaired) electrons. The topological polar surface area (TPSA) is 41.6 Å². The van der Waals surface area contributed by atoms with Crippen LogP contribution in [0.15, 0.2) is 24.3 Å². The van der Waals surface area contributed by atoms with E-state index in [2.05, 4.69) is 19.2 Å². The molecular formula is C15H22N2O2. The Morgan fingerprint density at radius 1 is 1.53 bits per heavy atom. The fourth-order valence-electron chi connectivity index (χ4n) is 2.25. The molecule has 0 aliphatic carbocycles. The zero-order valence-electron chi connectivity index (χ0n) is 11.7. The van der Waals surface area contributed by atoms with Gasteiger partial charge in [-0.25, -0.2) is 0 Å². The molecule has 1 aromatic rings. The van der Waals surface area contributed by atoms with Gasteiger partial charge >= 0.3 is 0 Å². The minimum Gasteiger partial charge on any atom is -0.494 e. The molecule has 1 saturated heterocycles. The number of piperazine rings is 1. The molecule has 0 bridgehead atoms. The number of nitrogens with zero attached hydrogens (tertiary/aromatic N) is 1. The van der Waals surface area contributed by atoms with Crippen LogP contribution in [-0.4, -0.2) is 43.1 Å². The molecule has 4 nitrogen and oxygen atoms in total. The highest BCUT2D eigenvalue weighted by atomic mass is 16.5. The van der Waals surface area contributed by atoms with Gasteiger partial charge < -0.3 is 15.0 Å². The average molecular weight is 262 g/mol. The van der Waals surface area contributed by atoms with E-state index in [0.29, 0.717) is 12.2 Å². The molecule has 0 aromatic heterocycles. The number of carbonyl (C=O) groups excluding carboxylic acids is 1. The molecule has 4 heteroatoms. The lowest BCUT2D eigenvalue weighted by atomic mass is 10.1. The van der Waals surface area contributed by atoms with Gasteiger partial charge in [-0.05, 0) is 31.5 Å². The first-order chi connectivity index (χ1) is 9.22. The van der Waals surface area contributed by atoms with E-state index in [1.165, 1.54) is 0 Å². The average Bonchev–Trinajstić information content (AvgIpc) is 2.45. The molecule has 1 atom stereocenters. The summed E-state index contributed by atoms with van der Waals surface area (Å²) in [6.07, 6.45) is 0.965. The Morgan fingerprint density at radius 3 is 3.11 bits per heavy atom. The van der Waals surface area contributed by atoms with Crippen LogP contribution in [0.4, 0.5) is 0 Å². The van der Waals surface area contributed by atoms with E-state index in [1.54, 1.807) is 0 Å². The number of ether oxygens (including phenoxy) is 1. The third-order valence-corrected chi connectivity index (χ3v) is 3.32. The van der Waals surface area contributed by atoms with Crippen LogP contribution in [0, 0.1) is 0 Å². The van der Waals surface area contributed by atoms with E-state index >= 15 is 0 Å². The van der Waals surface area contributed by atoms with Crippen LogP contribution in [0.2, 0.25) is 0 Å². The fraction of sp³-hybridized carbons (Fsp3) is 0.533. The molecule has 1 heterocycles. The molecule has 0 saturated carbocycles. The number of amides is 1. The molecule has 1 N–H and O–H groups in total. The molecule has 1 fully saturated rings. The van der Waals surface area contributed by atoms with Crippen molar-refractivity contribution in [1.29, 1.82) is 0 Å². The maximum Gasteiger partial charge on any atom is 0.254 e. The molecule has 1 aromatic carbocycles. The Labute approximate surface area is 114 Å². The van der Waals surface area contributed by atoms with Crippen LogP contribution in [0.25, 0.3) is 0 Å². The quantitative estimate of drug-likeness (QED) is 0.901. The zero-order chi connectivity index (χ0) is 13.7. The van der Waals surface area contributed by atoms with Crippen molar-refractivity contribution in [1.82, 2.24) is 10.2 Å². The van der Waals surface area contributed by atoms with E-state index in [1.807, 2.05) is 29.2 Å². The number of benzene rings is 1. The fourth-order valence-corrected chi connectivity index (χ4v) is 2.25. The summed E-state index contributed by atoms with van der Waals surface area (Å²) in [4.78, 5) is 14.4. The minimum atomic E-state index is 0.0935. The van der Waals surface area contributed by atoms with Crippen molar-refractivity contribution in [2.24, 2.45) is 0 Å². The van der Waals surface area contributed by atoms with E-state index in [9.17, 15) is 4.79 Å². The second-order valence-electron chi connectivity index (χ2n) is 4.93. The molecule has 0 spiro atoms. The van der Waals surface area contributed by atoms with Gasteiger partial charge in [0.15, 0.2) is 0 Å². The maximum atomic E-state index is 12.5. The van der Waals surface area contributed by atoms with Crippen molar-refractivity contribution in [2.75, 3.05) is 26.2 Å². The predicted octanol–water partition coefficient (Wildman–Crippen LogP) is 1.91. The summed E-state index contributed by atoms with van der Waals surface area (Å²) in [5.74, 6) is 0.867. The van der Waals surface area contributed by atoms with Gasteiger partial charge in [-0.1, -0.05) is 13.0 Å². The number of hydrogen-bond acceptors (Lipinski definition) is 3. The maximum absolute atomic E-state index is 12.5. The van der Waals surface area contributed by atoms with Crippen LogP contribution in [0.3, 0.4) is 0 Å². The lowest BCUT2D eigenvalue weighted by Crippen LogP contribution is -2.52.